The summed E-state index contributed by atoms with van der Waals surface area (Å²) in [7, 11) is 0. The minimum absolute atomic E-state index is 0.0456. The Balaban J connectivity index is 1.29. The van der Waals surface area contributed by atoms with Gasteiger partial charge in [0, 0.05) is 27.8 Å². The molecule has 4 amide bonds. The van der Waals surface area contributed by atoms with Crippen LogP contribution in [0.5, 0.6) is 0 Å². The molecule has 1 unspecified atom stereocenters. The molecule has 1 atom stereocenters. The van der Waals surface area contributed by atoms with Crippen LogP contribution in [0.25, 0.3) is 0 Å². The molecule has 0 radical (unpaired) electrons. The Hall–Kier alpha value is -5.52. The van der Waals surface area contributed by atoms with E-state index < -0.39 is 54.8 Å². The van der Waals surface area contributed by atoms with Crippen LogP contribution in [0, 0.1) is 13.8 Å². The summed E-state index contributed by atoms with van der Waals surface area (Å²) in [4.78, 5) is 79.4. The number of fused-ring (bicyclic) bond motifs is 1. The topological polar surface area (TPSA) is 148 Å². The number of anilines is 2. The first kappa shape index (κ1) is 34.8. The average Bonchev–Trinajstić information content (AvgIpc) is 3.33. The predicted octanol–water partition coefficient (Wildman–Crippen LogP) is 5.79. The van der Waals surface area contributed by atoms with Crippen molar-refractivity contribution in [3.8, 4) is 0 Å². The largest absolute Gasteiger partial charge is 0.454 e. The van der Waals surface area contributed by atoms with E-state index in [1.165, 1.54) is 18.2 Å². The van der Waals surface area contributed by atoms with Gasteiger partial charge in [0.1, 0.15) is 6.04 Å². The summed E-state index contributed by atoms with van der Waals surface area (Å²) in [6.45, 7) is 2.21. The smallest absolute Gasteiger partial charge is 0.338 e. The number of amides is 4. The van der Waals surface area contributed by atoms with Crippen LogP contribution in [0.3, 0.4) is 0 Å². The number of hydrogen-bond acceptors (Lipinski definition) is 8. The van der Waals surface area contributed by atoms with Crippen molar-refractivity contribution in [2.24, 2.45) is 0 Å². The van der Waals surface area contributed by atoms with E-state index in [0.29, 0.717) is 27.0 Å². The van der Waals surface area contributed by atoms with Crippen LogP contribution >= 0.6 is 23.2 Å². The first-order valence-electron chi connectivity index (χ1n) is 14.9. The second-order valence-corrected chi connectivity index (χ2v) is 12.0. The van der Waals surface area contributed by atoms with E-state index in [-0.39, 0.29) is 23.1 Å². The summed E-state index contributed by atoms with van der Waals surface area (Å²) in [6, 6.07) is 20.8. The minimum atomic E-state index is -1.44. The van der Waals surface area contributed by atoms with Crippen LogP contribution in [0.2, 0.25) is 10.0 Å². The van der Waals surface area contributed by atoms with E-state index >= 15 is 0 Å². The summed E-state index contributed by atoms with van der Waals surface area (Å²) in [5, 5.41) is 6.05. The highest BCUT2D eigenvalue weighted by Crippen LogP contribution is 2.28. The zero-order valence-corrected chi connectivity index (χ0v) is 27.8. The summed E-state index contributed by atoms with van der Waals surface area (Å²) < 4.78 is 10.5. The molecule has 4 aromatic rings. The molecule has 0 saturated heterocycles. The Morgan fingerprint density at radius 3 is 1.84 bits per heavy atom. The molecule has 2 N–H and O–H groups in total. The number of nitrogens with one attached hydrogen (secondary N) is 2. The number of hydrogen-bond donors (Lipinski definition) is 2. The number of imide groups is 1. The molecule has 0 spiro atoms. The monoisotopic (exact) mass is 701 g/mol. The van der Waals surface area contributed by atoms with Crippen molar-refractivity contribution in [2.45, 2.75) is 26.3 Å². The number of rotatable bonds is 11. The Morgan fingerprint density at radius 1 is 0.694 bits per heavy atom. The number of carbonyl (C=O) groups excluding carboxylic acids is 6. The molecular weight excluding hydrogens is 673 g/mol. The first-order valence-corrected chi connectivity index (χ1v) is 15.7. The van der Waals surface area contributed by atoms with Crippen molar-refractivity contribution < 1.29 is 38.2 Å². The molecule has 0 fully saturated rings. The number of halogens is 2. The predicted molar refractivity (Wildman–Crippen MR) is 182 cm³/mol. The molecule has 0 bridgehead atoms. The molecule has 1 aliphatic rings. The van der Waals surface area contributed by atoms with E-state index in [1.54, 1.807) is 80.6 Å². The van der Waals surface area contributed by atoms with Gasteiger partial charge in [-0.25, -0.2) is 9.59 Å². The lowest BCUT2D eigenvalue weighted by Gasteiger charge is -2.24. The molecule has 250 valence electrons. The fourth-order valence-electron chi connectivity index (χ4n) is 5.06. The third-order valence-corrected chi connectivity index (χ3v) is 8.11. The van der Waals surface area contributed by atoms with E-state index in [1.807, 2.05) is 0 Å². The lowest BCUT2D eigenvalue weighted by Crippen LogP contribution is -2.47. The van der Waals surface area contributed by atoms with Crippen molar-refractivity contribution in [3.05, 3.63) is 128 Å². The fourth-order valence-corrected chi connectivity index (χ4v) is 5.41. The normalized spacial score (nSPS) is 12.6. The Kier molecular flexibility index (Phi) is 10.8. The summed E-state index contributed by atoms with van der Waals surface area (Å²) in [5.74, 6) is -4.80. The number of aryl methyl sites for hydroxylation is 2. The van der Waals surface area contributed by atoms with Crippen molar-refractivity contribution in [3.63, 3.8) is 0 Å². The van der Waals surface area contributed by atoms with Crippen molar-refractivity contribution >= 4 is 70.1 Å². The Labute approximate surface area is 291 Å². The van der Waals surface area contributed by atoms with Gasteiger partial charge in [0.2, 0.25) is 0 Å². The molecule has 4 aromatic carbocycles. The van der Waals surface area contributed by atoms with Crippen molar-refractivity contribution in [1.29, 1.82) is 0 Å². The molecule has 11 nitrogen and oxygen atoms in total. The van der Waals surface area contributed by atoms with Crippen LogP contribution in [-0.2, 0) is 30.3 Å². The highest BCUT2D eigenvalue weighted by Gasteiger charge is 2.44. The molecule has 0 aliphatic carbocycles. The van der Waals surface area contributed by atoms with Gasteiger partial charge in [-0.1, -0.05) is 65.7 Å². The van der Waals surface area contributed by atoms with Crippen LogP contribution in [0.15, 0.2) is 84.9 Å². The van der Waals surface area contributed by atoms with Crippen LogP contribution in [-0.4, -0.2) is 59.7 Å². The molecule has 1 aliphatic heterocycles. The number of benzene rings is 4. The molecule has 0 aromatic heterocycles. The van der Waals surface area contributed by atoms with Crippen LogP contribution in [0.1, 0.15) is 47.8 Å². The number of esters is 2. The van der Waals surface area contributed by atoms with E-state index in [9.17, 15) is 28.8 Å². The Bertz CT molecular complexity index is 1980. The highest BCUT2D eigenvalue weighted by atomic mass is 35.5. The van der Waals surface area contributed by atoms with Crippen LogP contribution in [0.4, 0.5) is 11.4 Å². The number of nitrogens with zero attached hydrogens (tertiary/aromatic N) is 1. The van der Waals surface area contributed by atoms with E-state index in [2.05, 4.69) is 10.6 Å². The molecule has 5 rings (SSSR count). The lowest BCUT2D eigenvalue weighted by molar-refractivity contribution is -0.151. The molecule has 1 heterocycles. The Morgan fingerprint density at radius 2 is 1.24 bits per heavy atom. The fraction of sp³-hybridized carbons (Fsp3) is 0.167. The van der Waals surface area contributed by atoms with Gasteiger partial charge in [-0.2, -0.15) is 0 Å². The lowest BCUT2D eigenvalue weighted by atomic mass is 10.0. The maximum atomic E-state index is 13.7. The maximum absolute atomic E-state index is 13.7. The second-order valence-electron chi connectivity index (χ2n) is 11.1. The maximum Gasteiger partial charge on any atom is 0.338 e. The summed E-state index contributed by atoms with van der Waals surface area (Å²) >= 11 is 12.0. The van der Waals surface area contributed by atoms with Crippen LogP contribution < -0.4 is 10.6 Å². The van der Waals surface area contributed by atoms with Gasteiger partial charge in [-0.3, -0.25) is 24.1 Å². The van der Waals surface area contributed by atoms with E-state index in [0.717, 1.165) is 16.0 Å². The van der Waals surface area contributed by atoms with Gasteiger partial charge in [0.05, 0.1) is 16.7 Å². The van der Waals surface area contributed by atoms with Gasteiger partial charge in [-0.15, -0.1) is 0 Å². The third-order valence-electron chi connectivity index (χ3n) is 7.64. The highest BCUT2D eigenvalue weighted by molar-refractivity contribution is 6.31. The SMILES string of the molecule is Cc1ccc(Cl)cc1NC(=O)COC(=O)c1ccc2c(c1)C(=O)N(C(Cc1ccccc1)C(=O)OCC(=O)Nc1cc(Cl)ccc1C)C2=O. The van der Waals surface area contributed by atoms with Crippen molar-refractivity contribution in [2.75, 3.05) is 23.8 Å². The van der Waals surface area contributed by atoms with Gasteiger partial charge < -0.3 is 20.1 Å². The summed E-state index contributed by atoms with van der Waals surface area (Å²) in [6.07, 6.45) is -0.101. The number of ether oxygens (including phenoxy) is 2. The van der Waals surface area contributed by atoms with Gasteiger partial charge in [0.15, 0.2) is 13.2 Å². The van der Waals surface area contributed by atoms with Crippen molar-refractivity contribution in [1.82, 2.24) is 4.90 Å². The van der Waals surface area contributed by atoms with Gasteiger partial charge in [0.25, 0.3) is 23.6 Å². The molecule has 13 heteroatoms. The zero-order valence-electron chi connectivity index (χ0n) is 26.3. The third kappa shape index (κ3) is 8.32. The second kappa shape index (κ2) is 15.1. The van der Waals surface area contributed by atoms with Gasteiger partial charge >= 0.3 is 11.9 Å². The minimum Gasteiger partial charge on any atom is -0.454 e. The molecule has 49 heavy (non-hydrogen) atoms. The van der Waals surface area contributed by atoms with Gasteiger partial charge in [-0.05, 0) is 73.0 Å². The molecular formula is C36H29Cl2N3O8. The average molecular weight is 703 g/mol. The van der Waals surface area contributed by atoms with E-state index in [4.69, 9.17) is 32.7 Å². The number of carbonyl (C=O) groups is 6. The first-order chi connectivity index (χ1) is 23.4. The standard InChI is InChI=1S/C36H29Cl2N3O8/c1-20-8-11-24(37)16-28(20)39-31(42)18-48-35(46)23-10-13-26-27(15-23)34(45)41(33(26)44)30(14-22-6-4-3-5-7-22)36(47)49-19-32(43)40-29-17-25(38)12-9-21(29)2/h3-13,15-17,30H,14,18-19H2,1-2H3,(H,39,42)(H,40,43). The zero-order chi connectivity index (χ0) is 35.2. The molecule has 0 saturated carbocycles. The summed E-state index contributed by atoms with van der Waals surface area (Å²) in [5.41, 5.74) is 2.71. The quantitative estimate of drug-likeness (QED) is 0.147.